The summed E-state index contributed by atoms with van der Waals surface area (Å²) in [6.45, 7) is 1.05. The number of benzene rings is 2. The van der Waals surface area contributed by atoms with Crippen LogP contribution in [0.5, 0.6) is 5.75 Å². The Hall–Kier alpha value is -2.22. The maximum Gasteiger partial charge on any atom is 0.119 e. The molecule has 0 saturated carbocycles. The van der Waals surface area contributed by atoms with Gasteiger partial charge in [-0.05, 0) is 42.7 Å². The zero-order valence-corrected chi connectivity index (χ0v) is 11.8. The van der Waals surface area contributed by atoms with Gasteiger partial charge in [-0.2, -0.15) is 0 Å². The Labute approximate surface area is 119 Å². The Kier molecular flexibility index (Phi) is 3.73. The Bertz CT molecular complexity index is 685. The number of nitrogens with zero attached hydrogens (tertiary/aromatic N) is 1. The van der Waals surface area contributed by atoms with E-state index in [1.807, 2.05) is 6.07 Å². The molecule has 2 nitrogen and oxygen atoms in total. The van der Waals surface area contributed by atoms with Crippen molar-refractivity contribution in [3.63, 3.8) is 0 Å². The molecule has 0 unspecified atom stereocenters. The van der Waals surface area contributed by atoms with Crippen LogP contribution in [-0.2, 0) is 13.0 Å². The van der Waals surface area contributed by atoms with Crippen molar-refractivity contribution >= 4 is 10.9 Å². The molecule has 0 aliphatic carbocycles. The first-order valence-electron chi connectivity index (χ1n) is 7.03. The summed E-state index contributed by atoms with van der Waals surface area (Å²) in [6.07, 6.45) is 4.44. The van der Waals surface area contributed by atoms with Crippen LogP contribution in [0.2, 0.25) is 0 Å². The SMILES string of the molecule is COc1ccc2c(ccn2CCCc2ccccc2)c1. The zero-order chi connectivity index (χ0) is 13.8. The Balaban J connectivity index is 1.69. The van der Waals surface area contributed by atoms with E-state index < -0.39 is 0 Å². The highest BCUT2D eigenvalue weighted by atomic mass is 16.5. The topological polar surface area (TPSA) is 14.2 Å². The summed E-state index contributed by atoms with van der Waals surface area (Å²) in [4.78, 5) is 0. The van der Waals surface area contributed by atoms with E-state index in [2.05, 4.69) is 59.3 Å². The molecule has 0 fully saturated rings. The average molecular weight is 265 g/mol. The lowest BCUT2D eigenvalue weighted by atomic mass is 10.1. The normalized spacial score (nSPS) is 10.8. The summed E-state index contributed by atoms with van der Waals surface area (Å²) in [7, 11) is 1.71. The van der Waals surface area contributed by atoms with Gasteiger partial charge in [-0.3, -0.25) is 0 Å². The Morgan fingerprint density at radius 1 is 1.00 bits per heavy atom. The summed E-state index contributed by atoms with van der Waals surface area (Å²) in [5.74, 6) is 0.916. The van der Waals surface area contributed by atoms with Crippen molar-refractivity contribution in [3.05, 3.63) is 66.4 Å². The van der Waals surface area contributed by atoms with Crippen LogP contribution in [0.4, 0.5) is 0 Å². The van der Waals surface area contributed by atoms with Gasteiger partial charge in [-0.15, -0.1) is 0 Å². The first-order valence-corrected chi connectivity index (χ1v) is 7.03. The van der Waals surface area contributed by atoms with Crippen molar-refractivity contribution < 1.29 is 4.74 Å². The van der Waals surface area contributed by atoms with E-state index in [0.717, 1.165) is 25.1 Å². The summed E-state index contributed by atoms with van der Waals surface area (Å²) in [5, 5.41) is 1.24. The molecule has 20 heavy (non-hydrogen) atoms. The number of hydrogen-bond acceptors (Lipinski definition) is 1. The number of aryl methyl sites for hydroxylation is 2. The molecule has 0 aliphatic rings. The molecule has 0 spiro atoms. The van der Waals surface area contributed by atoms with E-state index >= 15 is 0 Å². The summed E-state index contributed by atoms with van der Waals surface area (Å²) < 4.78 is 7.58. The third-order valence-corrected chi connectivity index (χ3v) is 3.69. The van der Waals surface area contributed by atoms with Crippen LogP contribution in [0.1, 0.15) is 12.0 Å². The van der Waals surface area contributed by atoms with Gasteiger partial charge in [0, 0.05) is 23.6 Å². The van der Waals surface area contributed by atoms with Gasteiger partial charge in [-0.1, -0.05) is 30.3 Å². The minimum absolute atomic E-state index is 0.916. The Morgan fingerprint density at radius 3 is 2.65 bits per heavy atom. The highest BCUT2D eigenvalue weighted by molar-refractivity contribution is 5.81. The molecule has 0 bridgehead atoms. The molecule has 0 saturated heterocycles. The molecular formula is C18H19NO. The van der Waals surface area contributed by atoms with Crippen molar-refractivity contribution in [2.75, 3.05) is 7.11 Å². The molecule has 102 valence electrons. The van der Waals surface area contributed by atoms with Gasteiger partial charge in [0.1, 0.15) is 5.75 Å². The van der Waals surface area contributed by atoms with Gasteiger partial charge >= 0.3 is 0 Å². The molecule has 0 atom stereocenters. The van der Waals surface area contributed by atoms with Crippen LogP contribution in [0, 0.1) is 0 Å². The van der Waals surface area contributed by atoms with Gasteiger partial charge in [0.05, 0.1) is 7.11 Å². The fourth-order valence-electron chi connectivity index (χ4n) is 2.60. The van der Waals surface area contributed by atoms with E-state index in [-0.39, 0.29) is 0 Å². The fraction of sp³-hybridized carbons (Fsp3) is 0.222. The zero-order valence-electron chi connectivity index (χ0n) is 11.8. The standard InChI is InChI=1S/C18H19NO/c1-20-17-9-10-18-16(14-17)11-13-19(18)12-5-8-15-6-3-2-4-7-15/h2-4,6-7,9-11,13-14H,5,8,12H2,1H3. The fourth-order valence-corrected chi connectivity index (χ4v) is 2.60. The van der Waals surface area contributed by atoms with Crippen molar-refractivity contribution in [3.8, 4) is 5.75 Å². The molecule has 0 radical (unpaired) electrons. The predicted octanol–water partition coefficient (Wildman–Crippen LogP) is 4.28. The molecule has 1 heterocycles. The van der Waals surface area contributed by atoms with Crippen molar-refractivity contribution in [1.29, 1.82) is 0 Å². The smallest absolute Gasteiger partial charge is 0.119 e. The maximum atomic E-state index is 5.26. The van der Waals surface area contributed by atoms with Gasteiger partial charge in [-0.25, -0.2) is 0 Å². The molecule has 0 N–H and O–H groups in total. The van der Waals surface area contributed by atoms with Crippen molar-refractivity contribution in [2.24, 2.45) is 0 Å². The van der Waals surface area contributed by atoms with E-state index in [1.54, 1.807) is 7.11 Å². The lowest BCUT2D eigenvalue weighted by Gasteiger charge is -2.06. The Morgan fingerprint density at radius 2 is 1.85 bits per heavy atom. The molecule has 0 amide bonds. The number of hydrogen-bond donors (Lipinski definition) is 0. The van der Waals surface area contributed by atoms with Crippen molar-refractivity contribution in [2.45, 2.75) is 19.4 Å². The van der Waals surface area contributed by atoms with E-state index in [9.17, 15) is 0 Å². The van der Waals surface area contributed by atoms with Crippen LogP contribution in [0.3, 0.4) is 0 Å². The van der Waals surface area contributed by atoms with E-state index in [4.69, 9.17) is 4.74 Å². The second-order valence-corrected chi connectivity index (χ2v) is 5.02. The molecule has 2 aromatic carbocycles. The van der Waals surface area contributed by atoms with E-state index in [0.29, 0.717) is 0 Å². The van der Waals surface area contributed by atoms with Crippen molar-refractivity contribution in [1.82, 2.24) is 4.57 Å². The highest BCUT2D eigenvalue weighted by Gasteiger charge is 2.02. The molecule has 2 heteroatoms. The van der Waals surface area contributed by atoms with Gasteiger partial charge in [0.15, 0.2) is 0 Å². The first kappa shape index (κ1) is 12.8. The third-order valence-electron chi connectivity index (χ3n) is 3.69. The second kappa shape index (κ2) is 5.83. The van der Waals surface area contributed by atoms with Gasteiger partial charge in [0.25, 0.3) is 0 Å². The number of fused-ring (bicyclic) bond motifs is 1. The lowest BCUT2D eigenvalue weighted by molar-refractivity contribution is 0.415. The number of methoxy groups -OCH3 is 1. The monoisotopic (exact) mass is 265 g/mol. The average Bonchev–Trinajstić information content (AvgIpc) is 2.91. The van der Waals surface area contributed by atoms with Crippen LogP contribution in [0.25, 0.3) is 10.9 Å². The van der Waals surface area contributed by atoms with Crippen LogP contribution < -0.4 is 4.74 Å². The van der Waals surface area contributed by atoms with E-state index in [1.165, 1.54) is 16.5 Å². The maximum absolute atomic E-state index is 5.26. The largest absolute Gasteiger partial charge is 0.497 e. The van der Waals surface area contributed by atoms with Gasteiger partial charge < -0.3 is 9.30 Å². The molecule has 3 rings (SSSR count). The predicted molar refractivity (Wildman–Crippen MR) is 83.3 cm³/mol. The quantitative estimate of drug-likeness (QED) is 0.671. The number of ether oxygens (including phenoxy) is 1. The van der Waals surface area contributed by atoms with Crippen LogP contribution in [0.15, 0.2) is 60.8 Å². The summed E-state index contributed by atoms with van der Waals surface area (Å²) in [5.41, 5.74) is 2.68. The number of rotatable bonds is 5. The summed E-state index contributed by atoms with van der Waals surface area (Å²) >= 11 is 0. The van der Waals surface area contributed by atoms with Crippen LogP contribution >= 0.6 is 0 Å². The summed E-state index contributed by atoms with van der Waals surface area (Å²) in [6, 6.07) is 19.1. The highest BCUT2D eigenvalue weighted by Crippen LogP contribution is 2.22. The molecule has 3 aromatic rings. The lowest BCUT2D eigenvalue weighted by Crippen LogP contribution is -1.98. The number of aromatic nitrogens is 1. The van der Waals surface area contributed by atoms with Crippen LogP contribution in [-0.4, -0.2) is 11.7 Å². The second-order valence-electron chi connectivity index (χ2n) is 5.02. The molecule has 0 aliphatic heterocycles. The first-order chi connectivity index (χ1) is 9.86. The minimum atomic E-state index is 0.916. The van der Waals surface area contributed by atoms with Gasteiger partial charge in [0.2, 0.25) is 0 Å². The molecular weight excluding hydrogens is 246 g/mol. The minimum Gasteiger partial charge on any atom is -0.497 e. The third kappa shape index (κ3) is 2.69. The molecule has 1 aromatic heterocycles.